The highest BCUT2D eigenvalue weighted by molar-refractivity contribution is 9.10. The van der Waals surface area contributed by atoms with Crippen molar-refractivity contribution in [3.8, 4) is 0 Å². The Labute approximate surface area is 130 Å². The van der Waals surface area contributed by atoms with Crippen molar-refractivity contribution in [2.45, 2.75) is 24.9 Å². The molecule has 0 fully saturated rings. The maximum Gasteiger partial charge on any atom is 0.252 e. The Hall–Kier alpha value is -1.27. The number of nitrogens with zero attached hydrogens (tertiary/aromatic N) is 1. The average Bonchev–Trinajstić information content (AvgIpc) is 2.35. The molecule has 2 N–H and O–H groups in total. The topological polar surface area (TPSA) is 57.8 Å². The van der Waals surface area contributed by atoms with Crippen molar-refractivity contribution >= 4 is 39.3 Å². The first kappa shape index (κ1) is 15.1. The van der Waals surface area contributed by atoms with E-state index in [2.05, 4.69) is 45.1 Å². The van der Waals surface area contributed by atoms with E-state index in [1.54, 1.807) is 17.8 Å². The number of H-pyrrole nitrogens is 1. The van der Waals surface area contributed by atoms with Gasteiger partial charge in [-0.1, -0.05) is 35.8 Å². The third-order valence-corrected chi connectivity index (χ3v) is 4.07. The summed E-state index contributed by atoms with van der Waals surface area (Å²) in [5, 5.41) is 3.62. The van der Waals surface area contributed by atoms with Crippen molar-refractivity contribution in [3.05, 3.63) is 50.9 Å². The number of aromatic amines is 1. The van der Waals surface area contributed by atoms with E-state index in [0.717, 1.165) is 21.6 Å². The Morgan fingerprint density at radius 1 is 1.40 bits per heavy atom. The van der Waals surface area contributed by atoms with Crippen LogP contribution < -0.4 is 10.9 Å². The predicted molar refractivity (Wildman–Crippen MR) is 88.7 cm³/mol. The minimum absolute atomic E-state index is 0.142. The molecule has 0 aliphatic rings. The molecular weight excluding hydrogens is 338 g/mol. The number of anilines is 2. The van der Waals surface area contributed by atoms with Gasteiger partial charge in [0, 0.05) is 22.0 Å². The van der Waals surface area contributed by atoms with Crippen molar-refractivity contribution in [1.82, 2.24) is 9.97 Å². The number of rotatable bonds is 5. The Morgan fingerprint density at radius 3 is 2.90 bits per heavy atom. The van der Waals surface area contributed by atoms with Crippen molar-refractivity contribution in [2.75, 3.05) is 5.32 Å². The first-order valence-corrected chi connectivity index (χ1v) is 8.11. The van der Waals surface area contributed by atoms with Crippen LogP contribution in [0.2, 0.25) is 0 Å². The summed E-state index contributed by atoms with van der Waals surface area (Å²) in [5.41, 5.74) is 1.51. The maximum absolute atomic E-state index is 11.7. The summed E-state index contributed by atoms with van der Waals surface area (Å²) in [7, 11) is 0. The molecular formula is C14H16BrN3OS. The molecule has 106 valence electrons. The largest absolute Gasteiger partial charge is 0.326 e. The van der Waals surface area contributed by atoms with Crippen molar-refractivity contribution in [1.29, 1.82) is 0 Å². The van der Waals surface area contributed by atoms with Crippen LogP contribution >= 0.6 is 27.7 Å². The molecule has 0 saturated carbocycles. The fourth-order valence-electron chi connectivity index (χ4n) is 1.60. The predicted octanol–water partition coefficient (Wildman–Crippen LogP) is 3.92. The van der Waals surface area contributed by atoms with Gasteiger partial charge >= 0.3 is 0 Å². The lowest BCUT2D eigenvalue weighted by Gasteiger charge is -2.08. The molecule has 1 aromatic heterocycles. The molecule has 0 amide bonds. The van der Waals surface area contributed by atoms with Crippen LogP contribution in [-0.4, -0.2) is 15.2 Å². The maximum atomic E-state index is 11.7. The summed E-state index contributed by atoms with van der Waals surface area (Å²) in [5.74, 6) is 1.20. The van der Waals surface area contributed by atoms with Crippen molar-refractivity contribution in [2.24, 2.45) is 0 Å². The Bertz CT molecular complexity index is 642. The zero-order valence-electron chi connectivity index (χ0n) is 11.3. The minimum atomic E-state index is -0.142. The summed E-state index contributed by atoms with van der Waals surface area (Å²) in [6.07, 6.45) is 0. The number of hydrogen-bond acceptors (Lipinski definition) is 4. The van der Waals surface area contributed by atoms with Crippen LogP contribution in [0.4, 0.5) is 11.6 Å². The van der Waals surface area contributed by atoms with Gasteiger partial charge in [0.2, 0.25) is 5.95 Å². The number of aromatic nitrogens is 2. The molecule has 1 aromatic carbocycles. The quantitative estimate of drug-likeness (QED) is 0.855. The number of thioether (sulfide) groups is 1. The molecule has 0 aliphatic heterocycles. The number of nitrogens with one attached hydrogen (secondary N) is 2. The van der Waals surface area contributed by atoms with Gasteiger partial charge in [-0.05, 0) is 23.4 Å². The third kappa shape index (κ3) is 4.68. The fraction of sp³-hybridized carbons (Fsp3) is 0.286. The molecule has 0 spiro atoms. The summed E-state index contributed by atoms with van der Waals surface area (Å²) in [6, 6.07) is 9.25. The van der Waals surface area contributed by atoms with Crippen LogP contribution in [0.1, 0.15) is 19.5 Å². The van der Waals surface area contributed by atoms with Crippen molar-refractivity contribution in [3.63, 3.8) is 0 Å². The van der Waals surface area contributed by atoms with Gasteiger partial charge in [-0.15, -0.1) is 0 Å². The summed E-state index contributed by atoms with van der Waals surface area (Å²) in [4.78, 5) is 18.8. The molecule has 4 nitrogen and oxygen atoms in total. The molecule has 6 heteroatoms. The smallest absolute Gasteiger partial charge is 0.252 e. The molecule has 20 heavy (non-hydrogen) atoms. The molecule has 0 radical (unpaired) electrons. The van der Waals surface area contributed by atoms with Gasteiger partial charge < -0.3 is 5.32 Å². The standard InChI is InChI=1S/C14H16BrN3OS/c1-9(2)20-8-12-7-13(19)18-14(17-12)16-11-5-3-4-10(15)6-11/h3-7,9H,8H2,1-2H3,(H2,16,17,18,19). The lowest BCUT2D eigenvalue weighted by atomic mass is 10.3. The summed E-state index contributed by atoms with van der Waals surface area (Å²) < 4.78 is 0.969. The molecule has 1 heterocycles. The minimum Gasteiger partial charge on any atom is -0.326 e. The first-order valence-electron chi connectivity index (χ1n) is 6.27. The van der Waals surface area contributed by atoms with Gasteiger partial charge in [0.05, 0.1) is 5.69 Å². The lowest BCUT2D eigenvalue weighted by molar-refractivity contribution is 1.05. The molecule has 0 atom stereocenters. The van der Waals surface area contributed by atoms with E-state index < -0.39 is 0 Å². The third-order valence-electron chi connectivity index (χ3n) is 2.45. The van der Waals surface area contributed by atoms with Gasteiger partial charge in [0.25, 0.3) is 5.56 Å². The molecule has 0 aliphatic carbocycles. The molecule has 0 unspecified atom stereocenters. The van der Waals surface area contributed by atoms with E-state index in [1.807, 2.05) is 24.3 Å². The Morgan fingerprint density at radius 2 is 2.20 bits per heavy atom. The van der Waals surface area contributed by atoms with E-state index in [-0.39, 0.29) is 5.56 Å². The van der Waals surface area contributed by atoms with Gasteiger partial charge in [-0.25, -0.2) is 4.98 Å². The van der Waals surface area contributed by atoms with Gasteiger partial charge in [0.15, 0.2) is 0 Å². The second kappa shape index (κ2) is 6.95. The van der Waals surface area contributed by atoms with Gasteiger partial charge in [0.1, 0.15) is 0 Å². The second-order valence-electron chi connectivity index (χ2n) is 4.58. The van der Waals surface area contributed by atoms with Gasteiger partial charge in [-0.2, -0.15) is 11.8 Å². The lowest BCUT2D eigenvalue weighted by Crippen LogP contribution is -2.12. The number of benzene rings is 1. The van der Waals surface area contributed by atoms with Crippen LogP contribution in [0, 0.1) is 0 Å². The highest BCUT2D eigenvalue weighted by atomic mass is 79.9. The first-order chi connectivity index (χ1) is 9.52. The van der Waals surface area contributed by atoms with Crippen LogP contribution in [0.25, 0.3) is 0 Å². The molecule has 2 rings (SSSR count). The van der Waals surface area contributed by atoms with Crippen LogP contribution in [0.5, 0.6) is 0 Å². The van der Waals surface area contributed by atoms with Crippen LogP contribution in [-0.2, 0) is 5.75 Å². The van der Waals surface area contributed by atoms with E-state index in [0.29, 0.717) is 11.2 Å². The molecule has 0 saturated heterocycles. The van der Waals surface area contributed by atoms with E-state index in [4.69, 9.17) is 0 Å². The summed E-state index contributed by atoms with van der Waals surface area (Å²) >= 11 is 5.17. The monoisotopic (exact) mass is 353 g/mol. The van der Waals surface area contributed by atoms with Crippen LogP contribution in [0.3, 0.4) is 0 Å². The van der Waals surface area contributed by atoms with E-state index >= 15 is 0 Å². The SMILES string of the molecule is CC(C)SCc1cc(=O)[nH]c(Nc2cccc(Br)c2)n1. The fourth-order valence-corrected chi connectivity index (χ4v) is 2.65. The summed E-state index contributed by atoms with van der Waals surface area (Å²) in [6.45, 7) is 4.25. The zero-order chi connectivity index (χ0) is 14.5. The Balaban J connectivity index is 2.17. The van der Waals surface area contributed by atoms with E-state index in [1.165, 1.54) is 0 Å². The normalized spacial score (nSPS) is 10.8. The zero-order valence-corrected chi connectivity index (χ0v) is 13.7. The highest BCUT2D eigenvalue weighted by Crippen LogP contribution is 2.19. The molecule has 2 aromatic rings. The Kier molecular flexibility index (Phi) is 5.25. The van der Waals surface area contributed by atoms with Crippen molar-refractivity contribution < 1.29 is 0 Å². The highest BCUT2D eigenvalue weighted by Gasteiger charge is 2.04. The number of halogens is 1. The second-order valence-corrected chi connectivity index (χ2v) is 7.06. The van der Waals surface area contributed by atoms with Crippen LogP contribution in [0.15, 0.2) is 39.6 Å². The van der Waals surface area contributed by atoms with E-state index in [9.17, 15) is 4.79 Å². The molecule has 0 bridgehead atoms. The number of hydrogen-bond donors (Lipinski definition) is 2. The van der Waals surface area contributed by atoms with Gasteiger partial charge in [-0.3, -0.25) is 9.78 Å². The average molecular weight is 354 g/mol.